The molecule has 0 fully saturated rings. The van der Waals surface area contributed by atoms with Gasteiger partial charge in [0.2, 0.25) is 0 Å². The third-order valence-corrected chi connectivity index (χ3v) is 2.94. The van der Waals surface area contributed by atoms with Gasteiger partial charge in [0.15, 0.2) is 0 Å². The van der Waals surface area contributed by atoms with Gasteiger partial charge in [0.05, 0.1) is 0 Å². The quantitative estimate of drug-likeness (QED) is 0.781. The molecule has 0 saturated heterocycles. The first-order valence-corrected chi connectivity index (χ1v) is 6.26. The summed E-state index contributed by atoms with van der Waals surface area (Å²) in [6.45, 7) is 2.59. The molecule has 0 amide bonds. The van der Waals surface area contributed by atoms with Crippen molar-refractivity contribution in [1.29, 1.82) is 0 Å². The second-order valence-electron chi connectivity index (χ2n) is 4.48. The van der Waals surface area contributed by atoms with Crippen LogP contribution in [0.5, 0.6) is 0 Å². The molecule has 0 radical (unpaired) electrons. The highest BCUT2D eigenvalue weighted by atomic mass is 19.1. The van der Waals surface area contributed by atoms with E-state index in [0.29, 0.717) is 12.3 Å². The van der Waals surface area contributed by atoms with Crippen LogP contribution in [0, 0.1) is 12.7 Å². The third-order valence-electron chi connectivity index (χ3n) is 2.94. The van der Waals surface area contributed by atoms with Crippen LogP contribution >= 0.6 is 0 Å². The lowest BCUT2D eigenvalue weighted by atomic mass is 10.1. The molecule has 1 aromatic carbocycles. The van der Waals surface area contributed by atoms with E-state index >= 15 is 0 Å². The number of anilines is 1. The molecule has 2 heterocycles. The standard InChI is InChI=1S/C13H13FN6/c1-9-8-12(20-13(16-9)17-18-19-20)15-7-6-10-2-4-11(14)5-3-10/h2-5,8,15H,6-7H2,1H3. The van der Waals surface area contributed by atoms with Crippen LogP contribution in [-0.4, -0.2) is 31.6 Å². The molecule has 0 aliphatic carbocycles. The minimum absolute atomic E-state index is 0.220. The molecule has 20 heavy (non-hydrogen) atoms. The van der Waals surface area contributed by atoms with Gasteiger partial charge in [-0.05, 0) is 41.5 Å². The minimum Gasteiger partial charge on any atom is -0.369 e. The van der Waals surface area contributed by atoms with Crippen LogP contribution in [0.15, 0.2) is 30.3 Å². The van der Waals surface area contributed by atoms with Gasteiger partial charge in [-0.25, -0.2) is 9.37 Å². The van der Waals surface area contributed by atoms with Gasteiger partial charge in [-0.1, -0.05) is 17.2 Å². The number of aryl methyl sites for hydroxylation is 1. The van der Waals surface area contributed by atoms with E-state index in [2.05, 4.69) is 25.8 Å². The molecule has 0 bridgehead atoms. The van der Waals surface area contributed by atoms with Crippen molar-refractivity contribution in [3.63, 3.8) is 0 Å². The maximum absolute atomic E-state index is 12.8. The zero-order valence-corrected chi connectivity index (χ0v) is 10.9. The molecule has 102 valence electrons. The number of nitrogens with one attached hydrogen (secondary N) is 1. The molecule has 0 atom stereocenters. The first kappa shape index (κ1) is 12.5. The second kappa shape index (κ2) is 5.20. The fourth-order valence-electron chi connectivity index (χ4n) is 1.97. The van der Waals surface area contributed by atoms with Crippen LogP contribution in [0.3, 0.4) is 0 Å². The van der Waals surface area contributed by atoms with E-state index in [9.17, 15) is 4.39 Å². The van der Waals surface area contributed by atoms with Crippen molar-refractivity contribution in [3.05, 3.63) is 47.4 Å². The Hall–Kier alpha value is -2.57. The van der Waals surface area contributed by atoms with Crippen molar-refractivity contribution >= 4 is 11.6 Å². The number of benzene rings is 1. The molecule has 1 N–H and O–H groups in total. The zero-order chi connectivity index (χ0) is 13.9. The highest BCUT2D eigenvalue weighted by Crippen LogP contribution is 2.10. The van der Waals surface area contributed by atoms with E-state index in [1.807, 2.05) is 13.0 Å². The maximum atomic E-state index is 12.8. The van der Waals surface area contributed by atoms with Crippen LogP contribution in [0.2, 0.25) is 0 Å². The Morgan fingerprint density at radius 3 is 2.85 bits per heavy atom. The van der Waals surface area contributed by atoms with E-state index in [0.717, 1.165) is 23.5 Å². The number of hydrogen-bond acceptors (Lipinski definition) is 5. The van der Waals surface area contributed by atoms with Crippen LogP contribution in [0.25, 0.3) is 5.78 Å². The molecule has 2 aromatic heterocycles. The summed E-state index contributed by atoms with van der Waals surface area (Å²) in [5.74, 6) is 1.04. The number of rotatable bonds is 4. The number of aromatic nitrogens is 5. The summed E-state index contributed by atoms with van der Waals surface area (Å²) < 4.78 is 14.4. The number of hydrogen-bond donors (Lipinski definition) is 1. The van der Waals surface area contributed by atoms with Gasteiger partial charge in [0, 0.05) is 18.3 Å². The van der Waals surface area contributed by atoms with Crippen molar-refractivity contribution in [3.8, 4) is 0 Å². The SMILES string of the molecule is Cc1cc(NCCc2ccc(F)cc2)n2nnnc2n1. The highest BCUT2D eigenvalue weighted by Gasteiger charge is 2.05. The average molecular weight is 272 g/mol. The van der Waals surface area contributed by atoms with Crippen molar-refractivity contribution < 1.29 is 4.39 Å². The number of fused-ring (bicyclic) bond motifs is 1. The third kappa shape index (κ3) is 2.56. The Balaban J connectivity index is 1.70. The smallest absolute Gasteiger partial charge is 0.275 e. The number of halogens is 1. The fraction of sp³-hybridized carbons (Fsp3) is 0.231. The maximum Gasteiger partial charge on any atom is 0.275 e. The summed E-state index contributed by atoms with van der Waals surface area (Å²) in [6, 6.07) is 8.37. The molecule has 3 rings (SSSR count). The normalized spacial score (nSPS) is 10.9. The summed E-state index contributed by atoms with van der Waals surface area (Å²) in [5.41, 5.74) is 1.91. The van der Waals surface area contributed by atoms with Crippen LogP contribution in [0.4, 0.5) is 10.2 Å². The summed E-state index contributed by atoms with van der Waals surface area (Å²) in [6.07, 6.45) is 0.783. The Kier molecular flexibility index (Phi) is 3.24. The largest absolute Gasteiger partial charge is 0.369 e. The lowest BCUT2D eigenvalue weighted by molar-refractivity contribution is 0.627. The first-order valence-electron chi connectivity index (χ1n) is 6.26. The molecule has 0 unspecified atom stereocenters. The van der Waals surface area contributed by atoms with Crippen molar-refractivity contribution in [2.75, 3.05) is 11.9 Å². The molecule has 0 aliphatic rings. The Bertz CT molecular complexity index is 721. The van der Waals surface area contributed by atoms with E-state index < -0.39 is 0 Å². The van der Waals surface area contributed by atoms with E-state index in [1.165, 1.54) is 12.1 Å². The minimum atomic E-state index is -0.220. The van der Waals surface area contributed by atoms with Gasteiger partial charge in [-0.15, -0.1) is 0 Å². The summed E-state index contributed by atoms with van der Waals surface area (Å²) in [7, 11) is 0. The molecular formula is C13H13FN6. The molecular weight excluding hydrogens is 259 g/mol. The Morgan fingerprint density at radius 1 is 1.25 bits per heavy atom. The van der Waals surface area contributed by atoms with Gasteiger partial charge in [-0.2, -0.15) is 4.52 Å². The first-order chi connectivity index (χ1) is 9.72. The average Bonchev–Trinajstić information content (AvgIpc) is 2.89. The lowest BCUT2D eigenvalue weighted by Crippen LogP contribution is -2.10. The number of nitrogens with zero attached hydrogens (tertiary/aromatic N) is 5. The highest BCUT2D eigenvalue weighted by molar-refractivity contribution is 5.44. The zero-order valence-electron chi connectivity index (χ0n) is 10.9. The summed E-state index contributed by atoms with van der Waals surface area (Å²) >= 11 is 0. The second-order valence-corrected chi connectivity index (χ2v) is 4.48. The topological polar surface area (TPSA) is 68.0 Å². The molecule has 0 saturated carbocycles. The summed E-state index contributed by atoms with van der Waals surface area (Å²) in [4.78, 5) is 4.22. The van der Waals surface area contributed by atoms with Gasteiger partial charge in [-0.3, -0.25) is 0 Å². The van der Waals surface area contributed by atoms with E-state index in [1.54, 1.807) is 16.6 Å². The predicted molar refractivity (Wildman–Crippen MR) is 71.9 cm³/mol. The van der Waals surface area contributed by atoms with E-state index in [4.69, 9.17) is 0 Å². The van der Waals surface area contributed by atoms with E-state index in [-0.39, 0.29) is 5.82 Å². The van der Waals surface area contributed by atoms with Crippen LogP contribution in [-0.2, 0) is 6.42 Å². The predicted octanol–water partition coefficient (Wildman–Crippen LogP) is 1.62. The lowest BCUT2D eigenvalue weighted by Gasteiger charge is -2.08. The molecule has 6 nitrogen and oxygen atoms in total. The Morgan fingerprint density at radius 2 is 2.05 bits per heavy atom. The van der Waals surface area contributed by atoms with Crippen LogP contribution < -0.4 is 5.32 Å². The number of tetrazole rings is 1. The Labute approximate surface area is 114 Å². The van der Waals surface area contributed by atoms with Gasteiger partial charge >= 0.3 is 0 Å². The summed E-state index contributed by atoms with van der Waals surface area (Å²) in [5, 5.41) is 14.6. The van der Waals surface area contributed by atoms with Crippen molar-refractivity contribution in [2.45, 2.75) is 13.3 Å². The van der Waals surface area contributed by atoms with Crippen molar-refractivity contribution in [1.82, 2.24) is 25.0 Å². The monoisotopic (exact) mass is 272 g/mol. The molecule has 0 spiro atoms. The molecule has 7 heteroatoms. The van der Waals surface area contributed by atoms with Crippen LogP contribution in [0.1, 0.15) is 11.3 Å². The van der Waals surface area contributed by atoms with Gasteiger partial charge < -0.3 is 5.32 Å². The fourth-order valence-corrected chi connectivity index (χ4v) is 1.97. The van der Waals surface area contributed by atoms with Gasteiger partial charge in [0.1, 0.15) is 11.6 Å². The molecule has 3 aromatic rings. The molecule has 0 aliphatic heterocycles. The van der Waals surface area contributed by atoms with Gasteiger partial charge in [0.25, 0.3) is 5.78 Å². The van der Waals surface area contributed by atoms with Crippen molar-refractivity contribution in [2.24, 2.45) is 0 Å².